The van der Waals surface area contributed by atoms with Crippen molar-refractivity contribution in [2.75, 3.05) is 47.5 Å². The van der Waals surface area contributed by atoms with Crippen LogP contribution in [0.25, 0.3) is 0 Å². The van der Waals surface area contributed by atoms with Crippen LogP contribution in [0.2, 0.25) is 0 Å². The van der Waals surface area contributed by atoms with Gasteiger partial charge in [0.05, 0.1) is 27.7 Å². The summed E-state index contributed by atoms with van der Waals surface area (Å²) in [6.07, 6.45) is 94.0. The Morgan fingerprint density at radius 3 is 0.977 bits per heavy atom. The van der Waals surface area contributed by atoms with Crippen LogP contribution in [0.1, 0.15) is 348 Å². The van der Waals surface area contributed by atoms with E-state index in [1.165, 1.54) is 231 Å². The smallest absolute Gasteiger partial charge is 0.306 e. The number of allylic oxidation sites excluding steroid dienone is 14. The quantitative estimate of drug-likeness (QED) is 0.0195. The van der Waals surface area contributed by atoms with E-state index in [1.54, 1.807) is 0 Å². The molecule has 10 heteroatoms. The third-order valence-corrected chi connectivity index (χ3v) is 17.4. The van der Waals surface area contributed by atoms with Gasteiger partial charge in [-0.3, -0.25) is 14.2 Å². The lowest BCUT2D eigenvalue weighted by Crippen LogP contribution is -2.37. The van der Waals surface area contributed by atoms with Gasteiger partial charge < -0.3 is 27.9 Å². The van der Waals surface area contributed by atoms with Crippen LogP contribution in [0.3, 0.4) is 0 Å². The van der Waals surface area contributed by atoms with E-state index in [2.05, 4.69) is 98.9 Å². The molecule has 0 N–H and O–H groups in total. The number of likely N-dealkylation sites (N-methyl/N-ethyl adjacent to an activating group) is 1. The van der Waals surface area contributed by atoms with Crippen LogP contribution in [-0.2, 0) is 32.7 Å². The van der Waals surface area contributed by atoms with E-state index in [0.29, 0.717) is 17.4 Å². The first-order valence-corrected chi connectivity index (χ1v) is 38.8. The minimum absolute atomic E-state index is 0.0333. The van der Waals surface area contributed by atoms with Crippen molar-refractivity contribution in [3.05, 3.63) is 85.1 Å². The molecule has 0 bridgehead atoms. The highest BCUT2D eigenvalue weighted by Gasteiger charge is 2.22. The zero-order chi connectivity index (χ0) is 64.1. The van der Waals surface area contributed by atoms with Crippen LogP contribution >= 0.6 is 7.82 Å². The number of phosphoric ester groups is 1. The summed E-state index contributed by atoms with van der Waals surface area (Å²) in [6, 6.07) is 0. The number of carbonyl (C=O) groups is 2. The fourth-order valence-corrected chi connectivity index (χ4v) is 11.4. The lowest BCUT2D eigenvalue weighted by molar-refractivity contribution is -0.870. The van der Waals surface area contributed by atoms with Gasteiger partial charge in [-0.2, -0.15) is 0 Å². The SMILES string of the molecule is CC/C=C\C/C=C\C/C=C\C/C=C\C/C=C\C/C=C\CCCCCCCCCCCCC(=O)OC(COC(=O)CCCCCCCCCCCCCCCCCCCCCCCCC/C=C\CCCCCCCCCC)COP(=O)([O-])OCC[N+](C)(C)C. The first-order valence-electron chi connectivity index (χ1n) is 37.3. The number of ether oxygens (including phenoxy) is 2. The van der Waals surface area contributed by atoms with E-state index in [1.807, 2.05) is 21.1 Å². The molecule has 2 unspecified atom stereocenters. The number of nitrogens with zero attached hydrogens (tertiary/aromatic N) is 1. The normalized spacial score (nSPS) is 13.6. The van der Waals surface area contributed by atoms with Gasteiger partial charge in [-0.1, -0.05) is 330 Å². The average molecular weight is 1250 g/mol. The fraction of sp³-hybridized carbons (Fsp3) is 0.795. The van der Waals surface area contributed by atoms with Crippen molar-refractivity contribution < 1.29 is 42.1 Å². The monoisotopic (exact) mass is 1250 g/mol. The third kappa shape index (κ3) is 72.3. The first kappa shape index (κ1) is 85.2. The van der Waals surface area contributed by atoms with Gasteiger partial charge in [0.1, 0.15) is 19.8 Å². The average Bonchev–Trinajstić information content (AvgIpc) is 3.68. The second kappa shape index (κ2) is 68.6. The highest BCUT2D eigenvalue weighted by molar-refractivity contribution is 7.45. The highest BCUT2D eigenvalue weighted by atomic mass is 31.2. The molecule has 0 heterocycles. The largest absolute Gasteiger partial charge is 0.756 e. The molecule has 0 fully saturated rings. The number of phosphoric acid groups is 1. The Hall–Kier alpha value is -2.81. The van der Waals surface area contributed by atoms with Gasteiger partial charge in [0, 0.05) is 12.8 Å². The third-order valence-electron chi connectivity index (χ3n) is 16.4. The van der Waals surface area contributed by atoms with Gasteiger partial charge >= 0.3 is 11.9 Å². The zero-order valence-electron chi connectivity index (χ0n) is 58.4. The van der Waals surface area contributed by atoms with Crippen LogP contribution in [-0.4, -0.2) is 70.0 Å². The molecular formula is C78H142NO8P. The standard InChI is InChI=1S/C78H142NO8P/c1-6-8-10-12-14-16-18-20-22-24-26-28-30-32-34-36-37-38-39-40-41-43-44-46-48-50-52-54-56-58-60-62-64-66-68-70-77(80)84-74-76(75-86-88(82,83)85-73-72-79(3,4)5)87-78(81)71-69-67-65-63-61-59-57-55-53-51-49-47-45-42-35-33-31-29-27-25-23-21-19-17-15-13-11-9-7-2/h9,11,15,17,21,23-24,26-27,29,33,35,45,47,76H,6-8,10,12-14,16,18-20,22,25,28,30-32,34,36-44,46,48-75H2,1-5H3/b11-9-,17-15-,23-21-,26-24-,29-27-,35-33-,47-45-. The number of quaternary nitrogens is 1. The lowest BCUT2D eigenvalue weighted by atomic mass is 10.0. The van der Waals surface area contributed by atoms with E-state index in [4.69, 9.17) is 18.5 Å². The Bertz CT molecular complexity index is 1760. The van der Waals surface area contributed by atoms with Gasteiger partial charge in [-0.15, -0.1) is 0 Å². The minimum Gasteiger partial charge on any atom is -0.756 e. The summed E-state index contributed by atoms with van der Waals surface area (Å²) in [4.78, 5) is 38.1. The number of hydrogen-bond donors (Lipinski definition) is 0. The number of rotatable bonds is 69. The molecule has 0 aromatic carbocycles. The molecule has 0 saturated carbocycles. The van der Waals surface area contributed by atoms with Gasteiger partial charge in [-0.05, 0) is 89.9 Å². The summed E-state index contributed by atoms with van der Waals surface area (Å²) < 4.78 is 34.4. The molecule has 9 nitrogen and oxygen atoms in total. The van der Waals surface area contributed by atoms with E-state index >= 15 is 0 Å². The Labute approximate surface area is 545 Å². The molecule has 88 heavy (non-hydrogen) atoms. The Balaban J connectivity index is 3.99. The van der Waals surface area contributed by atoms with Crippen molar-refractivity contribution in [1.82, 2.24) is 0 Å². The van der Waals surface area contributed by atoms with Crippen LogP contribution in [0.4, 0.5) is 0 Å². The van der Waals surface area contributed by atoms with Crippen molar-refractivity contribution >= 4 is 19.8 Å². The maximum Gasteiger partial charge on any atom is 0.306 e. The molecule has 0 aromatic rings. The second-order valence-electron chi connectivity index (χ2n) is 26.3. The molecule has 0 amide bonds. The number of carbonyl (C=O) groups excluding carboxylic acids is 2. The summed E-state index contributed by atoms with van der Waals surface area (Å²) in [5.41, 5.74) is 0. The summed E-state index contributed by atoms with van der Waals surface area (Å²) in [6.45, 7) is 4.16. The van der Waals surface area contributed by atoms with Crippen LogP contribution in [0.5, 0.6) is 0 Å². The second-order valence-corrected chi connectivity index (χ2v) is 27.7. The molecule has 0 aliphatic carbocycles. The Morgan fingerprint density at radius 1 is 0.364 bits per heavy atom. The number of hydrogen-bond acceptors (Lipinski definition) is 8. The van der Waals surface area contributed by atoms with E-state index < -0.39 is 26.5 Å². The van der Waals surface area contributed by atoms with Crippen molar-refractivity contribution in [3.8, 4) is 0 Å². The molecule has 0 spiro atoms. The first-order chi connectivity index (χ1) is 43.0. The van der Waals surface area contributed by atoms with Crippen molar-refractivity contribution in [1.29, 1.82) is 0 Å². The van der Waals surface area contributed by atoms with E-state index in [-0.39, 0.29) is 32.0 Å². The lowest BCUT2D eigenvalue weighted by Gasteiger charge is -2.28. The zero-order valence-corrected chi connectivity index (χ0v) is 59.3. The predicted molar refractivity (Wildman–Crippen MR) is 379 cm³/mol. The van der Waals surface area contributed by atoms with Crippen LogP contribution in [0, 0.1) is 0 Å². The summed E-state index contributed by atoms with van der Waals surface area (Å²) in [7, 11) is 1.17. The maximum absolute atomic E-state index is 12.9. The molecule has 0 aliphatic rings. The van der Waals surface area contributed by atoms with Gasteiger partial charge in [-0.25, -0.2) is 0 Å². The van der Waals surface area contributed by atoms with Crippen molar-refractivity contribution in [3.63, 3.8) is 0 Å². The molecule has 0 aromatic heterocycles. The molecule has 512 valence electrons. The molecule has 0 aliphatic heterocycles. The summed E-state index contributed by atoms with van der Waals surface area (Å²) >= 11 is 0. The predicted octanol–water partition coefficient (Wildman–Crippen LogP) is 23.9. The highest BCUT2D eigenvalue weighted by Crippen LogP contribution is 2.38. The van der Waals surface area contributed by atoms with E-state index in [0.717, 1.165) is 83.5 Å². The topological polar surface area (TPSA) is 111 Å². The molecule has 2 atom stereocenters. The van der Waals surface area contributed by atoms with Gasteiger partial charge in [0.2, 0.25) is 0 Å². The summed E-state index contributed by atoms with van der Waals surface area (Å²) in [5, 5.41) is 0. The van der Waals surface area contributed by atoms with Gasteiger partial charge in [0.25, 0.3) is 7.82 Å². The summed E-state index contributed by atoms with van der Waals surface area (Å²) in [5.74, 6) is -0.827. The van der Waals surface area contributed by atoms with Crippen LogP contribution in [0.15, 0.2) is 85.1 Å². The van der Waals surface area contributed by atoms with Crippen molar-refractivity contribution in [2.24, 2.45) is 0 Å². The van der Waals surface area contributed by atoms with E-state index in [9.17, 15) is 19.0 Å². The van der Waals surface area contributed by atoms with Crippen molar-refractivity contribution in [2.45, 2.75) is 354 Å². The number of esters is 2. The van der Waals surface area contributed by atoms with Crippen LogP contribution < -0.4 is 4.89 Å². The molecule has 0 radical (unpaired) electrons. The Kier molecular flexibility index (Phi) is 66.4. The fourth-order valence-electron chi connectivity index (χ4n) is 10.7. The molecule has 0 rings (SSSR count). The Morgan fingerprint density at radius 2 is 0.648 bits per heavy atom. The maximum atomic E-state index is 12.9. The molecular weight excluding hydrogens is 1110 g/mol. The molecule has 0 saturated heterocycles. The minimum atomic E-state index is -4.65. The van der Waals surface area contributed by atoms with Gasteiger partial charge in [0.15, 0.2) is 6.10 Å². The number of unbranched alkanes of at least 4 members (excludes halogenated alkanes) is 41.